The van der Waals surface area contributed by atoms with Crippen LogP contribution in [0, 0.1) is 0 Å². The van der Waals surface area contributed by atoms with Gasteiger partial charge in [0, 0.05) is 19.1 Å². The van der Waals surface area contributed by atoms with E-state index < -0.39 is 11.6 Å². The topological polar surface area (TPSA) is 75.9 Å². The molecule has 6 nitrogen and oxygen atoms in total. The van der Waals surface area contributed by atoms with Crippen molar-refractivity contribution in [2.75, 3.05) is 13.1 Å². The van der Waals surface area contributed by atoms with Gasteiger partial charge in [0.1, 0.15) is 5.60 Å². The maximum atomic E-state index is 12.4. The van der Waals surface area contributed by atoms with Crippen molar-refractivity contribution in [3.63, 3.8) is 0 Å². The molecule has 2 amide bonds. The summed E-state index contributed by atoms with van der Waals surface area (Å²) in [5.74, 6) is -0.0644. The Morgan fingerprint density at radius 2 is 1.86 bits per heavy atom. The van der Waals surface area contributed by atoms with Crippen molar-refractivity contribution in [2.24, 2.45) is 5.73 Å². The van der Waals surface area contributed by atoms with Gasteiger partial charge in [-0.25, -0.2) is 4.79 Å². The highest BCUT2D eigenvalue weighted by Gasteiger charge is 2.36. The Bertz CT molecular complexity index is 388. The zero-order chi connectivity index (χ0) is 16.4. The van der Waals surface area contributed by atoms with Crippen LogP contribution in [0.3, 0.4) is 0 Å². The largest absolute Gasteiger partial charge is 0.444 e. The summed E-state index contributed by atoms with van der Waals surface area (Å²) >= 11 is 0. The fourth-order valence-electron chi connectivity index (χ4n) is 2.55. The minimum atomic E-state index is -0.524. The van der Waals surface area contributed by atoms with Gasteiger partial charge in [0.25, 0.3) is 0 Å². The maximum Gasteiger partial charge on any atom is 0.410 e. The lowest BCUT2D eigenvalue weighted by Gasteiger charge is -2.34. The molecule has 0 aromatic rings. The van der Waals surface area contributed by atoms with Gasteiger partial charge in [0.15, 0.2) is 0 Å². The molecule has 0 spiro atoms. The van der Waals surface area contributed by atoms with E-state index in [1.807, 2.05) is 34.6 Å². The number of hydrogen-bond acceptors (Lipinski definition) is 4. The summed E-state index contributed by atoms with van der Waals surface area (Å²) in [6, 6.07) is -0.490. The summed E-state index contributed by atoms with van der Waals surface area (Å²) in [5.41, 5.74) is 5.12. The van der Waals surface area contributed by atoms with Crippen LogP contribution in [0.1, 0.15) is 48.0 Å². The zero-order valence-corrected chi connectivity index (χ0v) is 14.0. The van der Waals surface area contributed by atoms with Crippen molar-refractivity contribution in [1.29, 1.82) is 0 Å². The van der Waals surface area contributed by atoms with E-state index in [4.69, 9.17) is 10.5 Å². The van der Waals surface area contributed by atoms with Crippen molar-refractivity contribution < 1.29 is 14.3 Å². The number of carbonyl (C=O) groups excluding carboxylic acids is 2. The van der Waals surface area contributed by atoms with E-state index >= 15 is 0 Å². The van der Waals surface area contributed by atoms with Crippen LogP contribution in [0.4, 0.5) is 4.79 Å². The minimum absolute atomic E-state index is 0.0115. The predicted octanol–water partition coefficient (Wildman–Crippen LogP) is 1.58. The molecule has 2 N–H and O–H groups in total. The molecule has 0 aromatic heterocycles. The van der Waals surface area contributed by atoms with E-state index in [0.717, 1.165) is 6.42 Å². The van der Waals surface area contributed by atoms with Crippen molar-refractivity contribution in [3.8, 4) is 0 Å². The van der Waals surface area contributed by atoms with Crippen LogP contribution in [0.25, 0.3) is 0 Å². The first-order valence-corrected chi connectivity index (χ1v) is 7.58. The summed E-state index contributed by atoms with van der Waals surface area (Å²) in [4.78, 5) is 27.8. The maximum absolute atomic E-state index is 12.4. The molecule has 0 bridgehead atoms. The van der Waals surface area contributed by atoms with E-state index in [0.29, 0.717) is 13.1 Å². The van der Waals surface area contributed by atoms with E-state index in [9.17, 15) is 9.59 Å². The molecular formula is C15H29N3O3. The van der Waals surface area contributed by atoms with E-state index in [-0.39, 0.29) is 24.1 Å². The molecular weight excluding hydrogens is 270 g/mol. The quantitative estimate of drug-likeness (QED) is 0.858. The molecule has 122 valence electrons. The smallest absolute Gasteiger partial charge is 0.410 e. The third kappa shape index (κ3) is 4.88. The van der Waals surface area contributed by atoms with E-state index in [2.05, 4.69) is 0 Å². The van der Waals surface area contributed by atoms with Crippen LogP contribution in [0.2, 0.25) is 0 Å². The van der Waals surface area contributed by atoms with Gasteiger partial charge in [-0.1, -0.05) is 0 Å². The van der Waals surface area contributed by atoms with Crippen LogP contribution in [0.15, 0.2) is 0 Å². The van der Waals surface area contributed by atoms with Crippen molar-refractivity contribution in [1.82, 2.24) is 9.80 Å². The predicted molar refractivity (Wildman–Crippen MR) is 81.8 cm³/mol. The van der Waals surface area contributed by atoms with Gasteiger partial charge >= 0.3 is 6.09 Å². The highest BCUT2D eigenvalue weighted by molar-refractivity contribution is 5.81. The molecule has 0 radical (unpaired) electrons. The van der Waals surface area contributed by atoms with Crippen LogP contribution in [0.5, 0.6) is 0 Å². The molecule has 0 aliphatic carbocycles. The van der Waals surface area contributed by atoms with Crippen molar-refractivity contribution in [3.05, 3.63) is 0 Å². The molecule has 1 rings (SSSR count). The molecule has 1 saturated heterocycles. The molecule has 1 fully saturated rings. The Morgan fingerprint density at radius 1 is 1.29 bits per heavy atom. The molecule has 21 heavy (non-hydrogen) atoms. The second-order valence-electron chi connectivity index (χ2n) is 7.00. The Morgan fingerprint density at radius 3 is 2.29 bits per heavy atom. The monoisotopic (exact) mass is 299 g/mol. The van der Waals surface area contributed by atoms with Crippen molar-refractivity contribution in [2.45, 2.75) is 71.7 Å². The first-order chi connectivity index (χ1) is 9.53. The third-order valence-electron chi connectivity index (χ3n) is 3.42. The molecule has 2 atom stereocenters. The summed E-state index contributed by atoms with van der Waals surface area (Å²) in [6.07, 6.45) is 0.438. The number of nitrogens with zero attached hydrogens (tertiary/aromatic N) is 2. The second kappa shape index (κ2) is 6.64. The number of amides is 2. The lowest BCUT2D eigenvalue weighted by molar-refractivity contribution is -0.131. The van der Waals surface area contributed by atoms with E-state index in [1.165, 1.54) is 0 Å². The Balaban J connectivity index is 2.76. The average Bonchev–Trinajstić information content (AvgIpc) is 2.73. The molecule has 1 heterocycles. The van der Waals surface area contributed by atoms with Gasteiger partial charge in [-0.15, -0.1) is 0 Å². The Hall–Kier alpha value is -1.30. The number of nitrogens with two attached hydrogens (primary N) is 1. The average molecular weight is 299 g/mol. The summed E-state index contributed by atoms with van der Waals surface area (Å²) < 4.78 is 5.48. The standard InChI is InChI=1S/C15H29N3O3/c1-10(2)18(14(20)21-15(4,5)6)12-7-8-17(9-12)13(19)11(3)16/h10-12H,7-9,16H2,1-6H3/t11-,12-/m0/s1. The second-order valence-corrected chi connectivity index (χ2v) is 7.00. The van der Waals surface area contributed by atoms with E-state index in [1.54, 1.807) is 16.7 Å². The van der Waals surface area contributed by atoms with Crippen molar-refractivity contribution >= 4 is 12.0 Å². The van der Waals surface area contributed by atoms with Crippen LogP contribution in [-0.2, 0) is 9.53 Å². The fourth-order valence-corrected chi connectivity index (χ4v) is 2.55. The third-order valence-corrected chi connectivity index (χ3v) is 3.42. The minimum Gasteiger partial charge on any atom is -0.444 e. The first kappa shape index (κ1) is 17.8. The van der Waals surface area contributed by atoms with Gasteiger partial charge in [0.2, 0.25) is 5.91 Å². The van der Waals surface area contributed by atoms with Gasteiger partial charge in [-0.05, 0) is 48.0 Å². The lowest BCUT2D eigenvalue weighted by Crippen LogP contribution is -2.49. The summed E-state index contributed by atoms with van der Waals surface area (Å²) in [5, 5.41) is 0. The molecule has 0 aromatic carbocycles. The molecule has 1 aliphatic heterocycles. The molecule has 0 unspecified atom stereocenters. The zero-order valence-electron chi connectivity index (χ0n) is 14.0. The summed E-state index contributed by atoms with van der Waals surface area (Å²) in [7, 11) is 0. The highest BCUT2D eigenvalue weighted by Crippen LogP contribution is 2.21. The molecule has 1 aliphatic rings. The van der Waals surface area contributed by atoms with Crippen LogP contribution in [-0.4, -0.2) is 58.6 Å². The summed E-state index contributed by atoms with van der Waals surface area (Å²) in [6.45, 7) is 12.3. The number of carbonyl (C=O) groups is 2. The fraction of sp³-hybridized carbons (Fsp3) is 0.867. The molecule has 6 heteroatoms. The lowest BCUT2D eigenvalue weighted by atomic mass is 10.1. The molecule has 0 saturated carbocycles. The SMILES string of the molecule is CC(C)N(C(=O)OC(C)(C)C)[C@H]1CCN(C(=O)[C@H](C)N)C1. The number of likely N-dealkylation sites (tertiary alicyclic amines) is 1. The normalized spacial score (nSPS) is 20.6. The van der Waals surface area contributed by atoms with Gasteiger partial charge < -0.3 is 20.3 Å². The van der Waals surface area contributed by atoms with Crippen LogP contribution < -0.4 is 5.73 Å². The number of ether oxygens (including phenoxy) is 1. The number of rotatable bonds is 3. The van der Waals surface area contributed by atoms with Crippen LogP contribution >= 0.6 is 0 Å². The first-order valence-electron chi connectivity index (χ1n) is 7.58. The van der Waals surface area contributed by atoms with Gasteiger partial charge in [0.05, 0.1) is 12.1 Å². The number of hydrogen-bond donors (Lipinski definition) is 1. The Labute approximate surface area is 127 Å². The van der Waals surface area contributed by atoms with Gasteiger partial charge in [-0.3, -0.25) is 4.79 Å². The van der Waals surface area contributed by atoms with Gasteiger partial charge in [-0.2, -0.15) is 0 Å². The Kier molecular flexibility index (Phi) is 5.61. The highest BCUT2D eigenvalue weighted by atomic mass is 16.6.